The van der Waals surface area contributed by atoms with Crippen LogP contribution in [0.4, 0.5) is 25.5 Å². The summed E-state index contributed by atoms with van der Waals surface area (Å²) in [5.41, 5.74) is 6.08. The lowest BCUT2D eigenvalue weighted by Crippen LogP contribution is -2.49. The Kier molecular flexibility index (Phi) is 8.19. The van der Waals surface area contributed by atoms with Crippen LogP contribution in [0.3, 0.4) is 0 Å². The van der Waals surface area contributed by atoms with Gasteiger partial charge in [0.2, 0.25) is 5.91 Å². The van der Waals surface area contributed by atoms with Gasteiger partial charge in [0.15, 0.2) is 0 Å². The van der Waals surface area contributed by atoms with Gasteiger partial charge in [-0.15, -0.1) is 0 Å². The molecular formula is C36H34FN5O5. The fourth-order valence-corrected chi connectivity index (χ4v) is 6.54. The first-order valence-corrected chi connectivity index (χ1v) is 15.7. The molecule has 2 saturated heterocycles. The number of hydrogen-bond donors (Lipinski definition) is 1. The summed E-state index contributed by atoms with van der Waals surface area (Å²) in [7, 11) is 0. The molecule has 0 bridgehead atoms. The van der Waals surface area contributed by atoms with Crippen molar-refractivity contribution in [1.29, 1.82) is 0 Å². The van der Waals surface area contributed by atoms with E-state index in [1.54, 1.807) is 23.2 Å². The van der Waals surface area contributed by atoms with E-state index in [0.29, 0.717) is 43.0 Å². The summed E-state index contributed by atoms with van der Waals surface area (Å²) in [4.78, 5) is 46.3. The maximum Gasteiger partial charge on any atom is 0.414 e. The Morgan fingerprint density at radius 2 is 1.64 bits per heavy atom. The van der Waals surface area contributed by atoms with E-state index >= 15 is 4.39 Å². The van der Waals surface area contributed by atoms with E-state index < -0.39 is 18.0 Å². The van der Waals surface area contributed by atoms with Crippen LogP contribution in [-0.4, -0.2) is 80.0 Å². The zero-order chi connectivity index (χ0) is 32.5. The fraction of sp³-hybridized carbons (Fsp3) is 0.278. The van der Waals surface area contributed by atoms with Gasteiger partial charge in [0.25, 0.3) is 0 Å². The van der Waals surface area contributed by atoms with E-state index in [2.05, 4.69) is 39.5 Å². The Labute approximate surface area is 271 Å². The van der Waals surface area contributed by atoms with Gasteiger partial charge in [-0.1, -0.05) is 48.5 Å². The van der Waals surface area contributed by atoms with Crippen LogP contribution in [-0.2, 0) is 14.3 Å². The van der Waals surface area contributed by atoms with Crippen molar-refractivity contribution in [2.75, 3.05) is 55.7 Å². The molecule has 4 aromatic rings. The van der Waals surface area contributed by atoms with E-state index in [9.17, 15) is 14.4 Å². The molecule has 3 aromatic carbocycles. The standard InChI is InChI=1S/C36H34FN5O5/c1-23(43)38-20-26-21-42(36(45)47-26)25-11-12-27(33(37)18-25)24-10-13-34(39-19-24)40-14-16-41(17-15-40)35(44)46-22-32-30-8-4-2-6-28(30)29-7-3-5-9-31(29)32/h2-13,18-19,26,32H,14-17,20-22H2,1H3,(H,38,43)/t26-/m0/s1. The lowest BCUT2D eigenvalue weighted by molar-refractivity contribution is -0.119. The SMILES string of the molecule is CC(=O)NC[C@H]1CN(c2ccc(-c3ccc(N4CCN(C(=O)OCC5c6ccccc6-c6ccccc65)CC4)nc3)c(F)c2)C(=O)O1. The van der Waals surface area contributed by atoms with Crippen LogP contribution in [0, 0.1) is 5.82 Å². The van der Waals surface area contributed by atoms with E-state index in [-0.39, 0.29) is 37.6 Å². The van der Waals surface area contributed by atoms with E-state index in [0.717, 1.165) is 5.82 Å². The predicted molar refractivity (Wildman–Crippen MR) is 175 cm³/mol. The van der Waals surface area contributed by atoms with Crippen LogP contribution in [0.2, 0.25) is 0 Å². The van der Waals surface area contributed by atoms with Gasteiger partial charge in [-0.3, -0.25) is 9.69 Å². The number of piperazine rings is 1. The number of rotatable bonds is 7. The van der Waals surface area contributed by atoms with E-state index in [1.165, 1.54) is 40.1 Å². The molecule has 1 N–H and O–H groups in total. The Bertz CT molecular complexity index is 1780. The molecule has 0 saturated carbocycles. The lowest BCUT2D eigenvalue weighted by Gasteiger charge is -2.35. The number of hydrogen-bond acceptors (Lipinski definition) is 7. The molecule has 7 rings (SSSR count). The summed E-state index contributed by atoms with van der Waals surface area (Å²) >= 11 is 0. The minimum Gasteiger partial charge on any atom is -0.448 e. The Morgan fingerprint density at radius 3 is 2.28 bits per heavy atom. The second-order valence-electron chi connectivity index (χ2n) is 11.9. The lowest BCUT2D eigenvalue weighted by atomic mass is 9.98. The molecule has 0 radical (unpaired) electrons. The van der Waals surface area contributed by atoms with Crippen LogP contribution < -0.4 is 15.1 Å². The van der Waals surface area contributed by atoms with Gasteiger partial charge in [-0.2, -0.15) is 0 Å². The number of anilines is 2. The minimum atomic E-state index is -0.586. The highest BCUT2D eigenvalue weighted by molar-refractivity contribution is 5.90. The quantitative estimate of drug-likeness (QED) is 0.289. The average molecular weight is 636 g/mol. The van der Waals surface area contributed by atoms with Crippen molar-refractivity contribution < 1.29 is 28.2 Å². The van der Waals surface area contributed by atoms with Crippen molar-refractivity contribution in [2.24, 2.45) is 0 Å². The summed E-state index contributed by atoms with van der Waals surface area (Å²) in [6, 6.07) is 24.8. The third-order valence-corrected chi connectivity index (χ3v) is 8.97. The zero-order valence-electron chi connectivity index (χ0n) is 25.9. The first-order chi connectivity index (χ1) is 22.9. The molecule has 3 heterocycles. The van der Waals surface area contributed by atoms with Crippen molar-refractivity contribution in [2.45, 2.75) is 18.9 Å². The number of fused-ring (bicyclic) bond motifs is 3. The second kappa shape index (κ2) is 12.7. The van der Waals surface area contributed by atoms with Crippen molar-refractivity contribution >= 4 is 29.6 Å². The number of nitrogens with one attached hydrogen (secondary N) is 1. The smallest absolute Gasteiger partial charge is 0.414 e. The van der Waals surface area contributed by atoms with Crippen LogP contribution in [0.1, 0.15) is 24.0 Å². The van der Waals surface area contributed by atoms with Crippen LogP contribution in [0.25, 0.3) is 22.3 Å². The monoisotopic (exact) mass is 635 g/mol. The highest BCUT2D eigenvalue weighted by Crippen LogP contribution is 2.44. The summed E-state index contributed by atoms with van der Waals surface area (Å²) < 4.78 is 26.4. The first kappa shape index (κ1) is 30.2. The Hall–Kier alpha value is -5.45. The number of pyridine rings is 1. The van der Waals surface area contributed by atoms with Gasteiger partial charge in [0.05, 0.1) is 18.8 Å². The van der Waals surface area contributed by atoms with Crippen LogP contribution in [0.5, 0.6) is 0 Å². The largest absolute Gasteiger partial charge is 0.448 e. The molecule has 3 aliphatic rings. The normalized spacial score (nSPS) is 17.3. The molecule has 10 nitrogen and oxygen atoms in total. The van der Waals surface area contributed by atoms with Crippen LogP contribution >= 0.6 is 0 Å². The van der Waals surface area contributed by atoms with Crippen molar-refractivity contribution in [3.8, 4) is 22.3 Å². The number of benzene rings is 3. The number of ether oxygens (including phenoxy) is 2. The average Bonchev–Trinajstić information content (AvgIpc) is 3.63. The maximum absolute atomic E-state index is 15.2. The minimum absolute atomic E-state index is 0.0154. The maximum atomic E-state index is 15.2. The number of aromatic nitrogens is 1. The summed E-state index contributed by atoms with van der Waals surface area (Å²) in [5.74, 6) is 0.0434. The number of nitrogens with zero attached hydrogens (tertiary/aromatic N) is 4. The van der Waals surface area contributed by atoms with Gasteiger partial charge in [0, 0.05) is 56.3 Å². The highest BCUT2D eigenvalue weighted by atomic mass is 19.1. The van der Waals surface area contributed by atoms with E-state index in [4.69, 9.17) is 9.47 Å². The molecule has 1 aromatic heterocycles. The Balaban J connectivity index is 0.931. The summed E-state index contributed by atoms with van der Waals surface area (Å²) in [6.07, 6.45) is 0.210. The Morgan fingerprint density at radius 1 is 0.936 bits per heavy atom. The van der Waals surface area contributed by atoms with Crippen molar-refractivity contribution in [1.82, 2.24) is 15.2 Å². The number of carbonyl (C=O) groups is 3. The predicted octanol–water partition coefficient (Wildman–Crippen LogP) is 5.42. The van der Waals surface area contributed by atoms with Crippen molar-refractivity contribution in [3.05, 3.63) is 102 Å². The molecule has 0 spiro atoms. The molecule has 1 atom stereocenters. The molecular weight excluding hydrogens is 601 g/mol. The third kappa shape index (κ3) is 6.08. The van der Waals surface area contributed by atoms with Gasteiger partial charge < -0.3 is 24.6 Å². The van der Waals surface area contributed by atoms with Gasteiger partial charge in [0.1, 0.15) is 24.3 Å². The molecule has 3 amide bonds. The summed E-state index contributed by atoms with van der Waals surface area (Å²) in [5, 5.41) is 2.63. The van der Waals surface area contributed by atoms with Gasteiger partial charge in [-0.25, -0.2) is 19.0 Å². The number of amides is 3. The third-order valence-electron chi connectivity index (χ3n) is 8.97. The molecule has 2 aliphatic heterocycles. The topological polar surface area (TPSA) is 104 Å². The molecule has 11 heteroatoms. The molecule has 0 unspecified atom stereocenters. The molecule has 2 fully saturated rings. The number of cyclic esters (lactones) is 1. The molecule has 47 heavy (non-hydrogen) atoms. The number of halogens is 1. The highest BCUT2D eigenvalue weighted by Gasteiger charge is 2.33. The molecule has 240 valence electrons. The first-order valence-electron chi connectivity index (χ1n) is 15.7. The number of carbonyl (C=O) groups excluding carboxylic acids is 3. The van der Waals surface area contributed by atoms with Gasteiger partial charge in [-0.05, 0) is 52.6 Å². The van der Waals surface area contributed by atoms with Crippen molar-refractivity contribution in [3.63, 3.8) is 0 Å². The zero-order valence-corrected chi connectivity index (χ0v) is 25.9. The van der Waals surface area contributed by atoms with E-state index in [1.807, 2.05) is 36.4 Å². The fourth-order valence-electron chi connectivity index (χ4n) is 6.54. The second-order valence-corrected chi connectivity index (χ2v) is 11.9. The van der Waals surface area contributed by atoms with Crippen LogP contribution in [0.15, 0.2) is 85.1 Å². The van der Waals surface area contributed by atoms with Gasteiger partial charge >= 0.3 is 12.2 Å². The summed E-state index contributed by atoms with van der Waals surface area (Å²) in [6.45, 7) is 4.27. The molecule has 1 aliphatic carbocycles.